The molecule has 0 bridgehead atoms. The molecule has 0 aliphatic rings. The van der Waals surface area contributed by atoms with E-state index in [1.54, 1.807) is 0 Å². The third kappa shape index (κ3) is 12.5. The van der Waals surface area contributed by atoms with Gasteiger partial charge in [-0.3, -0.25) is 0 Å². The van der Waals surface area contributed by atoms with Gasteiger partial charge in [-0.25, -0.2) is 0 Å². The summed E-state index contributed by atoms with van der Waals surface area (Å²) in [7, 11) is 0. The highest BCUT2D eigenvalue weighted by Gasteiger charge is 2.11. The zero-order valence-electron chi connectivity index (χ0n) is 20.0. The number of hydrogen-bond acceptors (Lipinski definition) is 6. The van der Waals surface area contributed by atoms with Crippen molar-refractivity contribution in [1.29, 1.82) is 0 Å². The van der Waals surface area contributed by atoms with Crippen LogP contribution in [0.25, 0.3) is 11.1 Å². The lowest BCUT2D eigenvalue weighted by Gasteiger charge is -2.17. The van der Waals surface area contributed by atoms with Crippen molar-refractivity contribution in [2.75, 3.05) is 39.3 Å². The molecule has 6 nitrogen and oxygen atoms in total. The Bertz CT molecular complexity index is 703. The molecule has 33 heavy (non-hydrogen) atoms. The molecular formula is C26H45ClN6. The van der Waals surface area contributed by atoms with Gasteiger partial charge in [-0.05, 0) is 100 Å². The van der Waals surface area contributed by atoms with Gasteiger partial charge in [0, 0.05) is 12.1 Å². The molecule has 2 atom stereocenters. The molecule has 0 amide bonds. The van der Waals surface area contributed by atoms with E-state index in [2.05, 4.69) is 59.2 Å². The second-order valence-electron chi connectivity index (χ2n) is 8.69. The van der Waals surface area contributed by atoms with Crippen LogP contribution < -0.4 is 33.6 Å². The predicted molar refractivity (Wildman–Crippen MR) is 145 cm³/mol. The normalized spacial score (nSPS) is 12.8. The molecule has 2 unspecified atom stereocenters. The predicted octanol–water partition coefficient (Wildman–Crippen LogP) is 2.17. The molecule has 0 heterocycles. The van der Waals surface area contributed by atoms with Crippen molar-refractivity contribution in [2.24, 2.45) is 22.9 Å². The minimum absolute atomic E-state index is 0. The van der Waals surface area contributed by atoms with E-state index >= 15 is 0 Å². The molecule has 7 heteroatoms. The first kappa shape index (κ1) is 29.5. The van der Waals surface area contributed by atoms with Gasteiger partial charge in [0.05, 0.1) is 0 Å². The van der Waals surface area contributed by atoms with Crippen LogP contribution >= 0.6 is 12.4 Å². The van der Waals surface area contributed by atoms with Gasteiger partial charge in [-0.15, -0.1) is 12.4 Å². The van der Waals surface area contributed by atoms with E-state index in [1.165, 1.54) is 22.3 Å². The second kappa shape index (κ2) is 17.9. The molecule has 0 aliphatic heterocycles. The molecule has 186 valence electrons. The van der Waals surface area contributed by atoms with Crippen molar-refractivity contribution in [3.8, 4) is 11.1 Å². The first-order valence-corrected chi connectivity index (χ1v) is 12.1. The molecule has 0 aliphatic carbocycles. The molecule has 0 spiro atoms. The number of benzene rings is 2. The molecule has 0 saturated carbocycles. The van der Waals surface area contributed by atoms with Crippen LogP contribution in [-0.4, -0.2) is 51.4 Å². The summed E-state index contributed by atoms with van der Waals surface area (Å²) >= 11 is 0. The van der Waals surface area contributed by atoms with Crippen LogP contribution in [0.2, 0.25) is 0 Å². The van der Waals surface area contributed by atoms with E-state index in [9.17, 15) is 0 Å². The fourth-order valence-corrected chi connectivity index (χ4v) is 3.88. The van der Waals surface area contributed by atoms with Crippen LogP contribution in [0.4, 0.5) is 0 Å². The van der Waals surface area contributed by atoms with Gasteiger partial charge >= 0.3 is 0 Å². The second-order valence-corrected chi connectivity index (χ2v) is 8.69. The molecule has 0 fully saturated rings. The van der Waals surface area contributed by atoms with E-state index in [0.717, 1.165) is 77.8 Å². The average molecular weight is 477 g/mol. The minimum Gasteiger partial charge on any atom is -0.330 e. The SMILES string of the molecule is Cl.NCCCNCCC(N)Cc1cc(CC(N)CCNCCCN)cc(-c2ccccc2)c1. The maximum Gasteiger partial charge on any atom is 0.00914 e. The highest BCUT2D eigenvalue weighted by atomic mass is 35.5. The third-order valence-electron chi connectivity index (χ3n) is 5.65. The first-order chi connectivity index (χ1) is 15.6. The van der Waals surface area contributed by atoms with Gasteiger partial charge in [-0.2, -0.15) is 0 Å². The molecule has 2 aromatic rings. The average Bonchev–Trinajstić information content (AvgIpc) is 2.79. The molecular weight excluding hydrogens is 432 g/mol. The summed E-state index contributed by atoms with van der Waals surface area (Å²) in [5, 5.41) is 6.84. The largest absolute Gasteiger partial charge is 0.330 e. The number of hydrogen-bond donors (Lipinski definition) is 6. The maximum atomic E-state index is 6.46. The van der Waals surface area contributed by atoms with Crippen molar-refractivity contribution in [2.45, 2.75) is 50.6 Å². The highest BCUT2D eigenvalue weighted by molar-refractivity contribution is 5.85. The van der Waals surface area contributed by atoms with Crippen molar-refractivity contribution >= 4 is 12.4 Å². The van der Waals surface area contributed by atoms with Crippen LogP contribution in [0.15, 0.2) is 48.5 Å². The Kier molecular flexibility index (Phi) is 16.0. The molecule has 0 radical (unpaired) electrons. The number of nitrogens with one attached hydrogen (secondary N) is 2. The molecule has 2 rings (SSSR count). The van der Waals surface area contributed by atoms with Gasteiger partial charge in [0.1, 0.15) is 0 Å². The van der Waals surface area contributed by atoms with Gasteiger partial charge in [0.15, 0.2) is 0 Å². The van der Waals surface area contributed by atoms with Crippen LogP contribution in [0, 0.1) is 0 Å². The molecule has 2 aromatic carbocycles. The Hall–Kier alpha value is -1.51. The van der Waals surface area contributed by atoms with E-state index in [4.69, 9.17) is 22.9 Å². The summed E-state index contributed by atoms with van der Waals surface area (Å²) in [4.78, 5) is 0. The van der Waals surface area contributed by atoms with Gasteiger partial charge in [-0.1, -0.05) is 48.5 Å². The Balaban J connectivity index is 0.00000544. The lowest BCUT2D eigenvalue weighted by molar-refractivity contribution is 0.549. The topological polar surface area (TPSA) is 128 Å². The molecule has 0 saturated heterocycles. The Morgan fingerprint density at radius 2 is 1.12 bits per heavy atom. The maximum absolute atomic E-state index is 6.46. The Labute approximate surface area is 206 Å². The Morgan fingerprint density at radius 3 is 1.58 bits per heavy atom. The summed E-state index contributed by atoms with van der Waals surface area (Å²) in [6.07, 6.45) is 5.62. The van der Waals surface area contributed by atoms with Crippen LogP contribution in [-0.2, 0) is 12.8 Å². The highest BCUT2D eigenvalue weighted by Crippen LogP contribution is 2.24. The van der Waals surface area contributed by atoms with Crippen molar-refractivity contribution in [1.82, 2.24) is 10.6 Å². The zero-order valence-corrected chi connectivity index (χ0v) is 20.8. The number of rotatable bonds is 17. The summed E-state index contributed by atoms with van der Waals surface area (Å²) in [6, 6.07) is 17.6. The smallest absolute Gasteiger partial charge is 0.00914 e. The number of nitrogens with two attached hydrogens (primary N) is 4. The van der Waals surface area contributed by atoms with E-state index in [0.29, 0.717) is 0 Å². The molecule has 0 aromatic heterocycles. The first-order valence-electron chi connectivity index (χ1n) is 12.1. The van der Waals surface area contributed by atoms with E-state index in [1.807, 2.05) is 0 Å². The van der Waals surface area contributed by atoms with Gasteiger partial charge in [0.2, 0.25) is 0 Å². The van der Waals surface area contributed by atoms with Crippen molar-refractivity contribution in [3.63, 3.8) is 0 Å². The van der Waals surface area contributed by atoms with E-state index in [-0.39, 0.29) is 24.5 Å². The minimum atomic E-state index is 0. The lowest BCUT2D eigenvalue weighted by atomic mass is 9.93. The lowest BCUT2D eigenvalue weighted by Crippen LogP contribution is -2.30. The fourth-order valence-electron chi connectivity index (χ4n) is 3.88. The summed E-state index contributed by atoms with van der Waals surface area (Å²) < 4.78 is 0. The Morgan fingerprint density at radius 1 is 0.636 bits per heavy atom. The van der Waals surface area contributed by atoms with Crippen molar-refractivity contribution < 1.29 is 0 Å². The van der Waals surface area contributed by atoms with Gasteiger partial charge in [0.25, 0.3) is 0 Å². The van der Waals surface area contributed by atoms with Crippen LogP contribution in [0.1, 0.15) is 36.8 Å². The van der Waals surface area contributed by atoms with Crippen LogP contribution in [0.3, 0.4) is 0 Å². The summed E-state index contributed by atoms with van der Waals surface area (Å²) in [6.45, 7) is 5.20. The monoisotopic (exact) mass is 476 g/mol. The summed E-state index contributed by atoms with van der Waals surface area (Å²) in [5.41, 5.74) is 29.0. The molecule has 10 N–H and O–H groups in total. The number of halogens is 1. The summed E-state index contributed by atoms with van der Waals surface area (Å²) in [5.74, 6) is 0. The van der Waals surface area contributed by atoms with Crippen LogP contribution in [0.5, 0.6) is 0 Å². The van der Waals surface area contributed by atoms with Gasteiger partial charge < -0.3 is 33.6 Å². The standard InChI is InChI=1S/C26H44N6.ClH/c27-10-4-12-31-14-8-25(29)19-21-16-22(20-26(30)9-15-32-13-5-11-28)18-24(17-21)23-6-2-1-3-7-23;/h1-3,6-7,16-18,25-26,31-32H,4-5,8-15,19-20,27-30H2;1H. The third-order valence-corrected chi connectivity index (χ3v) is 5.65. The fraction of sp³-hybridized carbons (Fsp3) is 0.538. The zero-order chi connectivity index (χ0) is 23.0. The quantitative estimate of drug-likeness (QED) is 0.194. The van der Waals surface area contributed by atoms with Crippen molar-refractivity contribution in [3.05, 3.63) is 59.7 Å². The van der Waals surface area contributed by atoms with E-state index < -0.39 is 0 Å².